The molecule has 0 fully saturated rings. The van der Waals surface area contributed by atoms with Crippen LogP contribution in [0.25, 0.3) is 0 Å². The minimum absolute atomic E-state index is 0.0136. The van der Waals surface area contributed by atoms with Gasteiger partial charge in [0.2, 0.25) is 6.23 Å². The molecule has 0 bridgehead atoms. The summed E-state index contributed by atoms with van der Waals surface area (Å²) >= 11 is 6.33. The normalized spacial score (nSPS) is 19.2. The molecule has 0 radical (unpaired) electrons. The van der Waals surface area contributed by atoms with E-state index in [2.05, 4.69) is 31.2 Å². The van der Waals surface area contributed by atoms with Crippen LogP contribution in [0.1, 0.15) is 40.9 Å². The zero-order chi connectivity index (χ0) is 21.5. The topological polar surface area (TPSA) is 43.3 Å². The molecular formula is C25H23ClN2O3. The zero-order valence-electron chi connectivity index (χ0n) is 17.6. The number of fused-ring (bicyclic) bond motifs is 3. The summed E-state index contributed by atoms with van der Waals surface area (Å²) in [5, 5.41) is 7.72. The van der Waals surface area contributed by atoms with Crippen molar-refractivity contribution in [3.05, 3.63) is 87.9 Å². The first-order chi connectivity index (χ1) is 15.1. The van der Waals surface area contributed by atoms with Gasteiger partial charge in [0.25, 0.3) is 0 Å². The van der Waals surface area contributed by atoms with Gasteiger partial charge < -0.3 is 14.2 Å². The average molecular weight is 435 g/mol. The second-order valence-corrected chi connectivity index (χ2v) is 8.18. The summed E-state index contributed by atoms with van der Waals surface area (Å²) < 4.78 is 17.7. The maximum atomic E-state index is 6.46. The van der Waals surface area contributed by atoms with Crippen LogP contribution in [0.3, 0.4) is 0 Å². The van der Waals surface area contributed by atoms with E-state index in [1.165, 1.54) is 5.56 Å². The first kappa shape index (κ1) is 19.8. The molecule has 0 aromatic heterocycles. The van der Waals surface area contributed by atoms with Gasteiger partial charge in [-0.25, -0.2) is 5.01 Å². The predicted molar refractivity (Wildman–Crippen MR) is 121 cm³/mol. The lowest BCUT2D eigenvalue weighted by atomic mass is 9.95. The maximum absolute atomic E-state index is 6.46. The maximum Gasteiger partial charge on any atom is 0.217 e. The predicted octanol–water partition coefficient (Wildman–Crippen LogP) is 5.91. The SMILES string of the molecule is COc1cccc(C2Oc3ccc(Cl)cc3C3CC(c4ccc(C)cc4)=NN32)c1OC. The Kier molecular flexibility index (Phi) is 4.98. The van der Waals surface area contributed by atoms with Gasteiger partial charge in [0.15, 0.2) is 11.5 Å². The fourth-order valence-corrected chi connectivity index (χ4v) is 4.47. The number of hydrazone groups is 1. The van der Waals surface area contributed by atoms with Gasteiger partial charge in [0.1, 0.15) is 5.75 Å². The lowest BCUT2D eigenvalue weighted by Crippen LogP contribution is -2.34. The highest BCUT2D eigenvalue weighted by Crippen LogP contribution is 2.50. The standard InChI is InChI=1S/C25H23ClN2O3/c1-15-7-9-16(10-8-15)20-14-21-19-13-17(26)11-12-22(19)31-25(28(21)27-20)18-5-4-6-23(29-2)24(18)30-3/h4-13,21,25H,14H2,1-3H3. The Labute approximate surface area is 186 Å². The summed E-state index contributed by atoms with van der Waals surface area (Å²) in [5.74, 6) is 2.11. The highest BCUT2D eigenvalue weighted by atomic mass is 35.5. The van der Waals surface area contributed by atoms with Crippen LogP contribution in [0.15, 0.2) is 65.8 Å². The molecule has 0 N–H and O–H groups in total. The van der Waals surface area contributed by atoms with Crippen molar-refractivity contribution in [2.75, 3.05) is 14.2 Å². The van der Waals surface area contributed by atoms with Gasteiger partial charge in [0.05, 0.1) is 31.5 Å². The summed E-state index contributed by atoms with van der Waals surface area (Å²) in [6.45, 7) is 2.08. The molecule has 0 spiro atoms. The minimum atomic E-state index is -0.452. The second kappa shape index (κ2) is 7.82. The molecule has 2 unspecified atom stereocenters. The summed E-state index contributed by atoms with van der Waals surface area (Å²) in [5.41, 5.74) is 5.26. The van der Waals surface area contributed by atoms with E-state index in [1.54, 1.807) is 14.2 Å². The molecule has 0 amide bonds. The number of nitrogens with zero attached hydrogens (tertiary/aromatic N) is 2. The molecule has 0 saturated carbocycles. The van der Waals surface area contributed by atoms with Crippen LogP contribution in [0.4, 0.5) is 0 Å². The Hall–Kier alpha value is -3.18. The second-order valence-electron chi connectivity index (χ2n) is 7.75. The first-order valence-corrected chi connectivity index (χ1v) is 10.6. The molecule has 2 atom stereocenters. The van der Waals surface area contributed by atoms with Crippen molar-refractivity contribution < 1.29 is 14.2 Å². The fourth-order valence-electron chi connectivity index (χ4n) is 4.29. The number of aryl methyl sites for hydroxylation is 1. The summed E-state index contributed by atoms with van der Waals surface area (Å²) in [4.78, 5) is 0. The third-order valence-corrected chi connectivity index (χ3v) is 6.07. The van der Waals surface area contributed by atoms with E-state index < -0.39 is 6.23 Å². The molecule has 3 aromatic rings. The Morgan fingerprint density at radius 1 is 1.00 bits per heavy atom. The van der Waals surface area contributed by atoms with E-state index in [0.29, 0.717) is 16.5 Å². The molecule has 2 heterocycles. The van der Waals surface area contributed by atoms with Crippen LogP contribution >= 0.6 is 11.6 Å². The van der Waals surface area contributed by atoms with E-state index in [9.17, 15) is 0 Å². The lowest BCUT2D eigenvalue weighted by Gasteiger charge is -2.38. The summed E-state index contributed by atoms with van der Waals surface area (Å²) in [6, 6.07) is 20.0. The largest absolute Gasteiger partial charge is 0.493 e. The molecule has 3 aromatic carbocycles. The van der Waals surface area contributed by atoms with Gasteiger partial charge in [-0.2, -0.15) is 5.10 Å². The molecule has 5 nitrogen and oxygen atoms in total. The van der Waals surface area contributed by atoms with Crippen LogP contribution in [-0.2, 0) is 0 Å². The van der Waals surface area contributed by atoms with E-state index in [4.69, 9.17) is 30.9 Å². The van der Waals surface area contributed by atoms with Gasteiger partial charge in [-0.3, -0.25) is 0 Å². The summed E-state index contributed by atoms with van der Waals surface area (Å²) in [7, 11) is 3.27. The monoisotopic (exact) mass is 434 g/mol. The number of hydrogen-bond acceptors (Lipinski definition) is 5. The van der Waals surface area contributed by atoms with Crippen LogP contribution in [-0.4, -0.2) is 24.9 Å². The van der Waals surface area contributed by atoms with Gasteiger partial charge >= 0.3 is 0 Å². The minimum Gasteiger partial charge on any atom is -0.493 e. The van der Waals surface area contributed by atoms with Crippen LogP contribution in [0.5, 0.6) is 17.2 Å². The molecule has 158 valence electrons. The zero-order valence-corrected chi connectivity index (χ0v) is 18.4. The number of halogens is 1. The van der Waals surface area contributed by atoms with Gasteiger partial charge in [-0.05, 0) is 42.8 Å². The Morgan fingerprint density at radius 3 is 2.55 bits per heavy atom. The smallest absolute Gasteiger partial charge is 0.217 e. The lowest BCUT2D eigenvalue weighted by molar-refractivity contribution is -0.0205. The number of rotatable bonds is 4. The van der Waals surface area contributed by atoms with Crippen LogP contribution < -0.4 is 14.2 Å². The van der Waals surface area contributed by atoms with Gasteiger partial charge in [-0.15, -0.1) is 0 Å². The van der Waals surface area contributed by atoms with Crippen molar-refractivity contribution >= 4 is 17.3 Å². The third kappa shape index (κ3) is 3.39. The van der Waals surface area contributed by atoms with Gasteiger partial charge in [0, 0.05) is 17.0 Å². The van der Waals surface area contributed by atoms with Crippen molar-refractivity contribution in [1.82, 2.24) is 5.01 Å². The van der Waals surface area contributed by atoms with Crippen molar-refractivity contribution in [1.29, 1.82) is 0 Å². The number of hydrogen-bond donors (Lipinski definition) is 0. The first-order valence-electron chi connectivity index (χ1n) is 10.2. The van der Waals surface area contributed by atoms with Crippen molar-refractivity contribution in [3.63, 3.8) is 0 Å². The van der Waals surface area contributed by atoms with E-state index >= 15 is 0 Å². The molecule has 2 aliphatic heterocycles. The van der Waals surface area contributed by atoms with Crippen molar-refractivity contribution in [3.8, 4) is 17.2 Å². The highest BCUT2D eigenvalue weighted by Gasteiger charge is 2.42. The number of methoxy groups -OCH3 is 2. The van der Waals surface area contributed by atoms with E-state index in [0.717, 1.165) is 34.6 Å². The van der Waals surface area contributed by atoms with Crippen molar-refractivity contribution in [2.24, 2.45) is 5.10 Å². The molecular weight excluding hydrogens is 412 g/mol. The van der Waals surface area contributed by atoms with Crippen molar-refractivity contribution in [2.45, 2.75) is 25.6 Å². The van der Waals surface area contributed by atoms with Crippen LogP contribution in [0, 0.1) is 6.92 Å². The van der Waals surface area contributed by atoms with Crippen LogP contribution in [0.2, 0.25) is 5.02 Å². The highest BCUT2D eigenvalue weighted by molar-refractivity contribution is 6.30. The Balaban J connectivity index is 1.64. The number of para-hydroxylation sites is 1. The molecule has 5 rings (SSSR count). The molecule has 6 heteroatoms. The van der Waals surface area contributed by atoms with Gasteiger partial charge in [-0.1, -0.05) is 47.5 Å². The van der Waals surface area contributed by atoms with E-state index in [-0.39, 0.29) is 6.04 Å². The fraction of sp³-hybridized carbons (Fsp3) is 0.240. The van der Waals surface area contributed by atoms with E-state index in [1.807, 2.05) is 41.4 Å². The molecule has 2 aliphatic rings. The molecule has 0 saturated heterocycles. The number of benzene rings is 3. The third-order valence-electron chi connectivity index (χ3n) is 5.84. The quantitative estimate of drug-likeness (QED) is 0.512. The summed E-state index contributed by atoms with van der Waals surface area (Å²) in [6.07, 6.45) is 0.314. The Morgan fingerprint density at radius 2 is 1.81 bits per heavy atom. The molecule has 0 aliphatic carbocycles. The number of ether oxygens (including phenoxy) is 3. The average Bonchev–Trinajstić information content (AvgIpc) is 3.24. The Bertz CT molecular complexity index is 1160. The molecule has 31 heavy (non-hydrogen) atoms.